The maximum absolute atomic E-state index is 10.5. The summed E-state index contributed by atoms with van der Waals surface area (Å²) in [6.45, 7) is 0.755. The van der Waals surface area contributed by atoms with E-state index in [1.54, 1.807) is 0 Å². The van der Waals surface area contributed by atoms with E-state index in [2.05, 4.69) is 6.07 Å². The van der Waals surface area contributed by atoms with Gasteiger partial charge in [0.25, 0.3) is 0 Å². The fraction of sp³-hybridized carbons (Fsp3) is 0.400. The van der Waals surface area contributed by atoms with Crippen LogP contribution in [-0.4, -0.2) is 21.1 Å². The molecule has 1 aromatic carbocycles. The van der Waals surface area contributed by atoms with Gasteiger partial charge in [0.05, 0.1) is 12.4 Å². The molecule has 0 amide bonds. The quantitative estimate of drug-likeness (QED) is 0.770. The highest BCUT2D eigenvalue weighted by Gasteiger charge is 2.11. The normalized spacial score (nSPS) is 16.1. The Hall–Kier alpha value is -0.870. The third kappa shape index (κ3) is 2.13. The molecular formula is C10H12O3S. The predicted molar refractivity (Wildman–Crippen MR) is 55.0 cm³/mol. The van der Waals surface area contributed by atoms with Crippen LogP contribution in [0.25, 0.3) is 0 Å². The van der Waals surface area contributed by atoms with Crippen LogP contribution in [0.5, 0.6) is 5.75 Å². The lowest BCUT2D eigenvalue weighted by atomic mass is 10.1. The zero-order valence-electron chi connectivity index (χ0n) is 7.73. The van der Waals surface area contributed by atoms with Crippen LogP contribution in [0.3, 0.4) is 0 Å². The monoisotopic (exact) mass is 212 g/mol. The summed E-state index contributed by atoms with van der Waals surface area (Å²) >= 11 is -1.70. The smallest absolute Gasteiger partial charge is 0.153 e. The summed E-state index contributed by atoms with van der Waals surface area (Å²) in [6.07, 6.45) is 1.60. The molecule has 1 aliphatic heterocycles. The molecule has 0 bridgehead atoms. The Labute approximate surface area is 85.4 Å². The predicted octanol–water partition coefficient (Wildman–Crippen LogP) is 1.39. The van der Waals surface area contributed by atoms with Crippen molar-refractivity contribution >= 4 is 11.1 Å². The Bertz CT molecular complexity index is 362. The summed E-state index contributed by atoms with van der Waals surface area (Å²) in [5, 5.41) is 0. The Balaban J connectivity index is 2.09. The zero-order chi connectivity index (χ0) is 9.97. The molecule has 0 radical (unpaired) electrons. The van der Waals surface area contributed by atoms with Gasteiger partial charge >= 0.3 is 0 Å². The van der Waals surface area contributed by atoms with Crippen molar-refractivity contribution in [1.82, 2.24) is 0 Å². The van der Waals surface area contributed by atoms with Crippen molar-refractivity contribution in [3.63, 3.8) is 0 Å². The van der Waals surface area contributed by atoms with E-state index in [1.165, 1.54) is 5.56 Å². The van der Waals surface area contributed by atoms with E-state index in [0.717, 1.165) is 24.3 Å². The van der Waals surface area contributed by atoms with Gasteiger partial charge in [-0.05, 0) is 23.6 Å². The standard InChI is InChI=1S/C10H12O3S/c11-14(12)6-4-8-1-2-10-9(7-8)3-5-13-10/h1-2,7H,3-6H2,(H,11,12). The summed E-state index contributed by atoms with van der Waals surface area (Å²) in [7, 11) is 0. The number of aryl methyl sites for hydroxylation is 1. The highest BCUT2D eigenvalue weighted by atomic mass is 32.2. The Morgan fingerprint density at radius 3 is 3.14 bits per heavy atom. The van der Waals surface area contributed by atoms with Crippen LogP contribution in [0.4, 0.5) is 0 Å². The lowest BCUT2D eigenvalue weighted by Crippen LogP contribution is -1.99. The molecule has 1 heterocycles. The van der Waals surface area contributed by atoms with E-state index in [0.29, 0.717) is 12.2 Å². The number of fused-ring (bicyclic) bond motifs is 1. The summed E-state index contributed by atoms with van der Waals surface area (Å²) in [4.78, 5) is 0. The number of hydrogen-bond donors (Lipinski definition) is 1. The van der Waals surface area contributed by atoms with Crippen molar-refractivity contribution in [3.8, 4) is 5.75 Å². The van der Waals surface area contributed by atoms with Crippen LogP contribution in [0, 0.1) is 0 Å². The fourth-order valence-electron chi connectivity index (χ4n) is 1.60. The van der Waals surface area contributed by atoms with Crippen molar-refractivity contribution in [2.45, 2.75) is 12.8 Å². The molecule has 1 N–H and O–H groups in total. The molecule has 76 valence electrons. The third-order valence-corrected chi connectivity index (χ3v) is 2.87. The molecule has 4 heteroatoms. The highest BCUT2D eigenvalue weighted by molar-refractivity contribution is 7.79. The molecule has 0 aliphatic carbocycles. The van der Waals surface area contributed by atoms with E-state index in [1.807, 2.05) is 12.1 Å². The Morgan fingerprint density at radius 1 is 1.50 bits per heavy atom. The van der Waals surface area contributed by atoms with Gasteiger partial charge in [0.2, 0.25) is 0 Å². The van der Waals surface area contributed by atoms with Gasteiger partial charge in [-0.3, -0.25) is 0 Å². The molecule has 1 atom stereocenters. The first-order chi connectivity index (χ1) is 6.75. The summed E-state index contributed by atoms with van der Waals surface area (Å²) in [5.41, 5.74) is 2.32. The second-order valence-corrected chi connectivity index (χ2v) is 4.37. The van der Waals surface area contributed by atoms with Crippen LogP contribution in [0.15, 0.2) is 18.2 Å². The topological polar surface area (TPSA) is 46.5 Å². The van der Waals surface area contributed by atoms with Gasteiger partial charge in [0.1, 0.15) is 5.75 Å². The number of hydrogen-bond acceptors (Lipinski definition) is 2. The highest BCUT2D eigenvalue weighted by Crippen LogP contribution is 2.25. The lowest BCUT2D eigenvalue weighted by molar-refractivity contribution is 0.357. The molecule has 1 unspecified atom stereocenters. The van der Waals surface area contributed by atoms with E-state index in [-0.39, 0.29) is 0 Å². The zero-order valence-corrected chi connectivity index (χ0v) is 8.55. The van der Waals surface area contributed by atoms with Gasteiger partial charge in [-0.2, -0.15) is 0 Å². The van der Waals surface area contributed by atoms with Gasteiger partial charge in [-0.15, -0.1) is 0 Å². The first-order valence-electron chi connectivity index (χ1n) is 4.58. The average Bonchev–Trinajstić information content (AvgIpc) is 2.61. The second kappa shape index (κ2) is 4.11. The van der Waals surface area contributed by atoms with Gasteiger partial charge in [0.15, 0.2) is 11.1 Å². The minimum atomic E-state index is -1.70. The molecular weight excluding hydrogens is 200 g/mol. The van der Waals surface area contributed by atoms with Crippen molar-refractivity contribution in [2.24, 2.45) is 0 Å². The molecule has 0 fully saturated rings. The van der Waals surface area contributed by atoms with E-state index < -0.39 is 11.1 Å². The minimum Gasteiger partial charge on any atom is -0.493 e. The van der Waals surface area contributed by atoms with Crippen LogP contribution in [0.2, 0.25) is 0 Å². The van der Waals surface area contributed by atoms with E-state index in [9.17, 15) is 4.21 Å². The first kappa shape index (κ1) is 9.68. The Kier molecular flexibility index (Phi) is 2.84. The molecule has 2 rings (SSSR count). The molecule has 0 saturated carbocycles. The molecule has 14 heavy (non-hydrogen) atoms. The van der Waals surface area contributed by atoms with Gasteiger partial charge in [0, 0.05) is 6.42 Å². The molecule has 0 spiro atoms. The Morgan fingerprint density at radius 2 is 2.36 bits per heavy atom. The van der Waals surface area contributed by atoms with Crippen LogP contribution in [0.1, 0.15) is 11.1 Å². The average molecular weight is 212 g/mol. The molecule has 1 aromatic rings. The molecule has 3 nitrogen and oxygen atoms in total. The van der Waals surface area contributed by atoms with Crippen molar-refractivity contribution in [3.05, 3.63) is 29.3 Å². The van der Waals surface area contributed by atoms with Gasteiger partial charge < -0.3 is 9.29 Å². The molecule has 1 aliphatic rings. The van der Waals surface area contributed by atoms with Gasteiger partial charge in [-0.1, -0.05) is 12.1 Å². The van der Waals surface area contributed by atoms with Crippen LogP contribution < -0.4 is 4.74 Å². The van der Waals surface area contributed by atoms with Gasteiger partial charge in [-0.25, -0.2) is 4.21 Å². The molecule has 0 saturated heterocycles. The SMILES string of the molecule is O=S(O)CCc1ccc2c(c1)CCO2. The molecule has 0 aromatic heterocycles. The maximum atomic E-state index is 10.5. The minimum absolute atomic E-state index is 0.305. The van der Waals surface area contributed by atoms with Crippen molar-refractivity contribution in [2.75, 3.05) is 12.4 Å². The largest absolute Gasteiger partial charge is 0.493 e. The summed E-state index contributed by atoms with van der Waals surface area (Å²) in [6, 6.07) is 5.96. The first-order valence-corrected chi connectivity index (χ1v) is 5.85. The number of benzene rings is 1. The lowest BCUT2D eigenvalue weighted by Gasteiger charge is -2.02. The fourth-order valence-corrected chi connectivity index (χ4v) is 2.01. The number of rotatable bonds is 3. The second-order valence-electron chi connectivity index (χ2n) is 3.32. The van der Waals surface area contributed by atoms with E-state index >= 15 is 0 Å². The third-order valence-electron chi connectivity index (χ3n) is 2.32. The van der Waals surface area contributed by atoms with Crippen LogP contribution >= 0.6 is 0 Å². The van der Waals surface area contributed by atoms with E-state index in [4.69, 9.17) is 9.29 Å². The number of ether oxygens (including phenoxy) is 1. The van der Waals surface area contributed by atoms with Crippen LogP contribution in [-0.2, 0) is 23.9 Å². The summed E-state index contributed by atoms with van der Waals surface area (Å²) in [5.74, 6) is 1.26. The van der Waals surface area contributed by atoms with Crippen molar-refractivity contribution in [1.29, 1.82) is 0 Å². The summed E-state index contributed by atoms with van der Waals surface area (Å²) < 4.78 is 24.5. The van der Waals surface area contributed by atoms with Crippen molar-refractivity contribution < 1.29 is 13.5 Å². The maximum Gasteiger partial charge on any atom is 0.153 e.